The molecule has 1 aromatic heterocycles. The molecule has 5 rings (SSSR count). The molecule has 3 heterocycles. The van der Waals surface area contributed by atoms with Gasteiger partial charge in [0.25, 0.3) is 0 Å². The van der Waals surface area contributed by atoms with Crippen LogP contribution in [0.2, 0.25) is 0 Å². The average molecular weight is 544 g/mol. The number of ketones is 1. The summed E-state index contributed by atoms with van der Waals surface area (Å²) in [6.45, 7) is 1.31. The Morgan fingerprint density at radius 2 is 1.95 bits per heavy atom. The molecular formula is C24H26NaO11P. The van der Waals surface area contributed by atoms with Crippen molar-refractivity contribution in [3.8, 4) is 11.5 Å². The van der Waals surface area contributed by atoms with Crippen molar-refractivity contribution in [3.05, 3.63) is 59.4 Å². The first-order valence-electron chi connectivity index (χ1n) is 11.3. The molecule has 1 unspecified atom stereocenters. The molecule has 0 radical (unpaired) electrons. The normalized spacial score (nSPS) is 29.4. The molecule has 0 spiro atoms. The van der Waals surface area contributed by atoms with Gasteiger partial charge in [0.1, 0.15) is 47.1 Å². The summed E-state index contributed by atoms with van der Waals surface area (Å²) in [5.41, 5.74) is 2.14. The number of Topliss-reactive ketones (excluding diaryl/α,β-unsaturated/α-hetero) is 1. The van der Waals surface area contributed by atoms with E-state index in [0.717, 1.165) is 16.5 Å². The van der Waals surface area contributed by atoms with Gasteiger partial charge in [0.15, 0.2) is 5.78 Å². The SMILES string of the molecule is Cc1cc(O)c(C(=O)CCc2ccc3occc3c2)c(O[C@@H]2O[C@@H]3COP(=O)(O)O[C@H]3[C@H](O)[C@H]2O)c1.[NaH]. The van der Waals surface area contributed by atoms with Gasteiger partial charge in [-0.3, -0.25) is 13.8 Å². The molecule has 0 bridgehead atoms. The summed E-state index contributed by atoms with van der Waals surface area (Å²) in [6.07, 6.45) is -5.07. The van der Waals surface area contributed by atoms with Crippen LogP contribution in [0.25, 0.3) is 11.0 Å². The Hall–Kier alpha value is -1.76. The zero-order valence-corrected chi connectivity index (χ0v) is 20.0. The van der Waals surface area contributed by atoms with Gasteiger partial charge in [0, 0.05) is 11.8 Å². The van der Waals surface area contributed by atoms with Gasteiger partial charge in [-0.1, -0.05) is 6.07 Å². The maximum absolute atomic E-state index is 13.2. The average Bonchev–Trinajstić information content (AvgIpc) is 3.29. The number of phenols is 1. The summed E-state index contributed by atoms with van der Waals surface area (Å²) >= 11 is 0. The van der Waals surface area contributed by atoms with E-state index in [2.05, 4.69) is 0 Å². The molecule has 0 aliphatic carbocycles. The molecule has 194 valence electrons. The number of phenolic OH excluding ortho intramolecular Hbond substituents is 1. The van der Waals surface area contributed by atoms with E-state index in [9.17, 15) is 29.6 Å². The van der Waals surface area contributed by atoms with Crippen LogP contribution in [0.3, 0.4) is 0 Å². The Morgan fingerprint density at radius 1 is 1.16 bits per heavy atom. The third-order valence-corrected chi connectivity index (χ3v) is 7.19. The van der Waals surface area contributed by atoms with E-state index in [0.29, 0.717) is 12.0 Å². The van der Waals surface area contributed by atoms with E-state index in [1.165, 1.54) is 12.1 Å². The van der Waals surface area contributed by atoms with Crippen molar-refractivity contribution in [2.45, 2.75) is 50.5 Å². The second kappa shape index (κ2) is 11.2. The number of rotatable bonds is 6. The van der Waals surface area contributed by atoms with Gasteiger partial charge in [-0.15, -0.1) is 0 Å². The number of hydrogen-bond acceptors (Lipinski definition) is 10. The van der Waals surface area contributed by atoms with Gasteiger partial charge >= 0.3 is 37.4 Å². The quantitative estimate of drug-likeness (QED) is 0.204. The number of carbonyl (C=O) groups excluding carboxylic acids is 1. The van der Waals surface area contributed by atoms with Gasteiger partial charge < -0.3 is 34.1 Å². The topological polar surface area (TPSA) is 165 Å². The van der Waals surface area contributed by atoms with Gasteiger partial charge in [0.2, 0.25) is 6.29 Å². The van der Waals surface area contributed by atoms with Crippen LogP contribution in [0.4, 0.5) is 0 Å². The second-order valence-corrected chi connectivity index (χ2v) is 10.3. The molecule has 2 fully saturated rings. The third-order valence-electron chi connectivity index (χ3n) is 6.20. The molecule has 2 aromatic carbocycles. The van der Waals surface area contributed by atoms with Crippen molar-refractivity contribution in [1.29, 1.82) is 0 Å². The number of carbonyl (C=O) groups is 1. The fourth-order valence-electron chi connectivity index (χ4n) is 4.41. The summed E-state index contributed by atoms with van der Waals surface area (Å²) in [6, 6.07) is 10.4. The number of aryl methyl sites for hydroxylation is 2. The number of hydrogen-bond donors (Lipinski definition) is 4. The summed E-state index contributed by atoms with van der Waals surface area (Å²) in [5, 5.41) is 32.5. The molecule has 2 saturated heterocycles. The van der Waals surface area contributed by atoms with Crippen molar-refractivity contribution in [1.82, 2.24) is 0 Å². The number of phosphoric acid groups is 1. The molecular weight excluding hydrogens is 518 g/mol. The van der Waals surface area contributed by atoms with Crippen LogP contribution in [0, 0.1) is 6.92 Å². The molecule has 2 aliphatic rings. The van der Waals surface area contributed by atoms with Gasteiger partial charge in [0.05, 0.1) is 12.9 Å². The molecule has 37 heavy (non-hydrogen) atoms. The number of furan rings is 1. The van der Waals surface area contributed by atoms with Crippen LogP contribution in [-0.4, -0.2) is 92.9 Å². The van der Waals surface area contributed by atoms with Crippen molar-refractivity contribution in [2.75, 3.05) is 6.61 Å². The number of aromatic hydroxyl groups is 1. The van der Waals surface area contributed by atoms with Crippen molar-refractivity contribution < 1.29 is 52.5 Å². The Balaban J connectivity index is 0.00000320. The fourth-order valence-corrected chi connectivity index (χ4v) is 5.37. The summed E-state index contributed by atoms with van der Waals surface area (Å²) in [4.78, 5) is 22.7. The number of aliphatic hydroxyl groups is 2. The molecule has 11 nitrogen and oxygen atoms in total. The Kier molecular flexibility index (Phi) is 8.52. The number of benzene rings is 2. The first-order chi connectivity index (χ1) is 17.1. The third kappa shape index (κ3) is 5.97. The van der Waals surface area contributed by atoms with Gasteiger partial charge in [-0.25, -0.2) is 4.57 Å². The minimum absolute atomic E-state index is 0. The molecule has 2 aliphatic heterocycles. The zero-order chi connectivity index (χ0) is 25.6. The van der Waals surface area contributed by atoms with Crippen LogP contribution in [0.1, 0.15) is 27.9 Å². The number of fused-ring (bicyclic) bond motifs is 2. The van der Waals surface area contributed by atoms with Gasteiger partial charge in [-0.05, 0) is 54.8 Å². The standard InChI is InChI=1S/C24H25O11P.Na.H/c1-12-8-16(26)20(15(25)4-2-13-3-5-17-14(10-13)6-7-31-17)18(9-12)33-24-22(28)21(27)23-19(34-24)11-32-36(29,30)35-23;;/h3,5-10,19,21-24,26-28H,2,4,11H2,1H3,(H,29,30);;/t19-,21-,22-,23-,24-;;/m1../s1. The van der Waals surface area contributed by atoms with Crippen molar-refractivity contribution in [3.63, 3.8) is 0 Å². The van der Waals surface area contributed by atoms with Crippen LogP contribution in [0.15, 0.2) is 47.1 Å². The molecule has 3 aromatic rings. The van der Waals surface area contributed by atoms with Crippen LogP contribution < -0.4 is 4.74 Å². The van der Waals surface area contributed by atoms with E-state index in [-0.39, 0.29) is 59.6 Å². The Morgan fingerprint density at radius 3 is 2.73 bits per heavy atom. The predicted molar refractivity (Wildman–Crippen MR) is 131 cm³/mol. The first-order valence-corrected chi connectivity index (χ1v) is 12.8. The summed E-state index contributed by atoms with van der Waals surface area (Å²) in [7, 11) is -4.38. The number of ether oxygens (including phenoxy) is 2. The van der Waals surface area contributed by atoms with Crippen LogP contribution in [0.5, 0.6) is 11.5 Å². The van der Waals surface area contributed by atoms with Crippen LogP contribution >= 0.6 is 7.82 Å². The van der Waals surface area contributed by atoms with Gasteiger partial charge in [-0.2, -0.15) is 0 Å². The molecule has 0 amide bonds. The van der Waals surface area contributed by atoms with Crippen molar-refractivity contribution >= 4 is 54.1 Å². The second-order valence-electron chi connectivity index (χ2n) is 8.85. The fraction of sp³-hybridized carbons (Fsp3) is 0.375. The minimum atomic E-state index is -4.38. The zero-order valence-electron chi connectivity index (χ0n) is 19.1. The van der Waals surface area contributed by atoms with E-state index >= 15 is 0 Å². The maximum atomic E-state index is 13.2. The monoisotopic (exact) mass is 544 g/mol. The molecule has 13 heteroatoms. The molecule has 6 atom stereocenters. The summed E-state index contributed by atoms with van der Waals surface area (Å²) < 4.78 is 38.0. The van der Waals surface area contributed by atoms with Crippen LogP contribution in [-0.2, 0) is 24.8 Å². The predicted octanol–water partition coefficient (Wildman–Crippen LogP) is 1.96. The van der Waals surface area contributed by atoms with Crippen molar-refractivity contribution in [2.24, 2.45) is 0 Å². The first kappa shape index (κ1) is 28.3. The molecule has 4 N–H and O–H groups in total. The number of aliphatic hydroxyl groups excluding tert-OH is 2. The summed E-state index contributed by atoms with van der Waals surface area (Å²) in [5.74, 6) is -0.735. The Bertz CT molecular complexity index is 1340. The van der Waals surface area contributed by atoms with E-state index in [1.54, 1.807) is 13.2 Å². The molecule has 0 saturated carbocycles. The van der Waals surface area contributed by atoms with E-state index < -0.39 is 44.3 Å². The Labute approximate surface area is 233 Å². The van der Waals surface area contributed by atoms with E-state index in [1.807, 2.05) is 24.3 Å². The number of phosphoric ester groups is 1. The van der Waals surface area contributed by atoms with E-state index in [4.69, 9.17) is 22.9 Å².